The predicted molar refractivity (Wildman–Crippen MR) is 121 cm³/mol. The largest absolute Gasteiger partial charge is 0.480 e. The van der Waals surface area contributed by atoms with Gasteiger partial charge in [0, 0.05) is 35.5 Å². The Bertz CT molecular complexity index is 1160. The van der Waals surface area contributed by atoms with E-state index in [1.54, 1.807) is 12.1 Å². The molecule has 33 heavy (non-hydrogen) atoms. The van der Waals surface area contributed by atoms with Crippen LogP contribution in [0.4, 0.5) is 4.39 Å². The average Bonchev–Trinajstić information content (AvgIpc) is 2.82. The van der Waals surface area contributed by atoms with Gasteiger partial charge in [-0.3, -0.25) is 4.79 Å². The van der Waals surface area contributed by atoms with E-state index in [-0.39, 0.29) is 23.6 Å². The Morgan fingerprint density at radius 2 is 1.79 bits per heavy atom. The first-order chi connectivity index (χ1) is 16.0. The number of hydrogen-bond donors (Lipinski definition) is 1. The molecule has 1 saturated carbocycles. The SMILES string of the molecule is O=C(O)COC[C@H]1CC[C@@H](Cn2nc(-c3ccccc3)c(-c3cccnc3F)cc2=O)CC1. The summed E-state index contributed by atoms with van der Waals surface area (Å²) in [6.07, 6.45) is 5.04. The van der Waals surface area contributed by atoms with Crippen molar-refractivity contribution in [3.05, 3.63) is 71.0 Å². The molecule has 0 radical (unpaired) electrons. The van der Waals surface area contributed by atoms with Crippen molar-refractivity contribution in [2.75, 3.05) is 13.2 Å². The summed E-state index contributed by atoms with van der Waals surface area (Å²) in [5.74, 6) is -0.980. The Labute approximate surface area is 190 Å². The van der Waals surface area contributed by atoms with Crippen LogP contribution in [0.15, 0.2) is 59.5 Å². The number of rotatable bonds is 8. The second kappa shape index (κ2) is 10.5. The van der Waals surface area contributed by atoms with Crippen molar-refractivity contribution < 1.29 is 19.0 Å². The van der Waals surface area contributed by atoms with Crippen molar-refractivity contribution in [2.45, 2.75) is 32.2 Å². The summed E-state index contributed by atoms with van der Waals surface area (Å²) < 4.78 is 21.2. The lowest BCUT2D eigenvalue weighted by atomic mass is 9.82. The second-order valence-corrected chi connectivity index (χ2v) is 8.43. The first kappa shape index (κ1) is 22.8. The molecule has 1 fully saturated rings. The monoisotopic (exact) mass is 451 g/mol. The van der Waals surface area contributed by atoms with Crippen molar-refractivity contribution in [1.82, 2.24) is 14.8 Å². The molecular weight excluding hydrogens is 425 g/mol. The highest BCUT2D eigenvalue weighted by Gasteiger charge is 2.23. The lowest BCUT2D eigenvalue weighted by Crippen LogP contribution is -2.29. The minimum atomic E-state index is -0.960. The van der Waals surface area contributed by atoms with E-state index < -0.39 is 11.9 Å². The highest BCUT2D eigenvalue weighted by molar-refractivity contribution is 5.80. The zero-order valence-corrected chi connectivity index (χ0v) is 18.2. The van der Waals surface area contributed by atoms with Crippen LogP contribution >= 0.6 is 0 Å². The fourth-order valence-electron chi connectivity index (χ4n) is 4.36. The maximum Gasteiger partial charge on any atom is 0.329 e. The van der Waals surface area contributed by atoms with Crippen LogP contribution in [-0.2, 0) is 16.1 Å². The molecule has 0 atom stereocenters. The molecule has 0 bridgehead atoms. The van der Waals surface area contributed by atoms with Gasteiger partial charge >= 0.3 is 5.97 Å². The molecule has 0 unspecified atom stereocenters. The maximum absolute atomic E-state index is 14.5. The van der Waals surface area contributed by atoms with Crippen LogP contribution in [0.25, 0.3) is 22.4 Å². The van der Waals surface area contributed by atoms with E-state index >= 15 is 0 Å². The summed E-state index contributed by atoms with van der Waals surface area (Å²) in [4.78, 5) is 27.3. The van der Waals surface area contributed by atoms with Crippen LogP contribution in [0.1, 0.15) is 25.7 Å². The highest BCUT2D eigenvalue weighted by atomic mass is 19.1. The van der Waals surface area contributed by atoms with Gasteiger partial charge < -0.3 is 9.84 Å². The zero-order chi connectivity index (χ0) is 23.2. The Morgan fingerprint density at radius 3 is 2.48 bits per heavy atom. The number of ether oxygens (including phenoxy) is 1. The Kier molecular flexibility index (Phi) is 7.24. The van der Waals surface area contributed by atoms with Gasteiger partial charge in [-0.25, -0.2) is 14.5 Å². The molecule has 172 valence electrons. The van der Waals surface area contributed by atoms with E-state index in [2.05, 4.69) is 10.1 Å². The first-order valence-corrected chi connectivity index (χ1v) is 11.1. The molecule has 0 aliphatic heterocycles. The van der Waals surface area contributed by atoms with Gasteiger partial charge in [0.15, 0.2) is 0 Å². The van der Waals surface area contributed by atoms with E-state index in [0.29, 0.717) is 30.3 Å². The lowest BCUT2D eigenvalue weighted by molar-refractivity contribution is -0.142. The predicted octanol–water partition coefficient (Wildman–Crippen LogP) is 4.02. The number of carbonyl (C=O) groups is 1. The number of aliphatic carboxylic acids is 1. The minimum Gasteiger partial charge on any atom is -0.480 e. The van der Waals surface area contributed by atoms with Gasteiger partial charge in [-0.1, -0.05) is 30.3 Å². The first-order valence-electron chi connectivity index (χ1n) is 11.1. The molecule has 1 aliphatic rings. The van der Waals surface area contributed by atoms with Crippen LogP contribution in [0.5, 0.6) is 0 Å². The summed E-state index contributed by atoms with van der Waals surface area (Å²) in [6, 6.07) is 14.1. The summed E-state index contributed by atoms with van der Waals surface area (Å²) in [7, 11) is 0. The third-order valence-electron chi connectivity index (χ3n) is 6.07. The molecule has 3 aromatic rings. The van der Waals surface area contributed by atoms with E-state index in [1.807, 2.05) is 30.3 Å². The van der Waals surface area contributed by atoms with Crippen LogP contribution in [0.3, 0.4) is 0 Å². The molecule has 0 spiro atoms. The molecular formula is C25H26FN3O4. The molecule has 0 amide bonds. The van der Waals surface area contributed by atoms with E-state index in [9.17, 15) is 14.0 Å². The van der Waals surface area contributed by atoms with E-state index in [1.165, 1.54) is 16.9 Å². The van der Waals surface area contributed by atoms with E-state index in [0.717, 1.165) is 31.2 Å². The van der Waals surface area contributed by atoms with Crippen LogP contribution in [0.2, 0.25) is 0 Å². The molecule has 2 heterocycles. The van der Waals surface area contributed by atoms with Crippen molar-refractivity contribution in [1.29, 1.82) is 0 Å². The number of pyridine rings is 1. The highest BCUT2D eigenvalue weighted by Crippen LogP contribution is 2.32. The number of benzene rings is 1. The summed E-state index contributed by atoms with van der Waals surface area (Å²) in [6.45, 7) is 0.656. The van der Waals surface area contributed by atoms with Crippen LogP contribution in [0, 0.1) is 17.8 Å². The second-order valence-electron chi connectivity index (χ2n) is 8.43. The van der Waals surface area contributed by atoms with Gasteiger partial charge in [0.05, 0.1) is 12.3 Å². The topological polar surface area (TPSA) is 94.3 Å². The van der Waals surface area contributed by atoms with Gasteiger partial charge in [-0.2, -0.15) is 9.49 Å². The third-order valence-corrected chi connectivity index (χ3v) is 6.07. The standard InChI is InChI=1S/C25H26FN3O4/c26-25-20(7-4-12-27-25)21-13-22(30)29(28-24(21)19-5-2-1-3-6-19)14-17-8-10-18(11-9-17)15-33-16-23(31)32/h1-7,12-13,17-18H,8-11,14-16H2,(H,31,32)/t17-,18+. The Morgan fingerprint density at radius 1 is 1.06 bits per heavy atom. The smallest absolute Gasteiger partial charge is 0.329 e. The number of carboxylic acid groups (broad SMARTS) is 1. The van der Waals surface area contributed by atoms with Crippen molar-refractivity contribution >= 4 is 5.97 Å². The van der Waals surface area contributed by atoms with Gasteiger partial charge in [0.1, 0.15) is 6.61 Å². The molecule has 1 aliphatic carbocycles. The van der Waals surface area contributed by atoms with Gasteiger partial charge in [-0.15, -0.1) is 0 Å². The lowest BCUT2D eigenvalue weighted by Gasteiger charge is -2.28. The fourth-order valence-corrected chi connectivity index (χ4v) is 4.36. The fraction of sp³-hybridized carbons (Fsp3) is 0.360. The zero-order valence-electron chi connectivity index (χ0n) is 18.2. The van der Waals surface area contributed by atoms with Gasteiger partial charge in [-0.05, 0) is 49.7 Å². The number of nitrogens with zero attached hydrogens (tertiary/aromatic N) is 3. The number of halogens is 1. The summed E-state index contributed by atoms with van der Waals surface area (Å²) in [5.41, 5.74) is 1.73. The molecule has 1 N–H and O–H groups in total. The normalized spacial score (nSPS) is 18.2. The number of hydrogen-bond acceptors (Lipinski definition) is 5. The summed E-state index contributed by atoms with van der Waals surface area (Å²) in [5, 5.41) is 13.4. The Balaban J connectivity index is 1.55. The Hall–Kier alpha value is -3.39. The van der Waals surface area contributed by atoms with Crippen molar-refractivity contribution in [3.63, 3.8) is 0 Å². The maximum atomic E-state index is 14.5. The third kappa shape index (κ3) is 5.70. The van der Waals surface area contributed by atoms with Crippen LogP contribution in [-0.4, -0.2) is 39.1 Å². The quantitative estimate of drug-likeness (QED) is 0.520. The van der Waals surface area contributed by atoms with E-state index in [4.69, 9.17) is 9.84 Å². The van der Waals surface area contributed by atoms with Gasteiger partial charge in [0.25, 0.3) is 5.56 Å². The molecule has 1 aromatic carbocycles. The minimum absolute atomic E-state index is 0.245. The summed E-state index contributed by atoms with van der Waals surface area (Å²) >= 11 is 0. The average molecular weight is 451 g/mol. The molecule has 2 aromatic heterocycles. The molecule has 8 heteroatoms. The van der Waals surface area contributed by atoms with Gasteiger partial charge in [0.2, 0.25) is 5.95 Å². The molecule has 7 nitrogen and oxygen atoms in total. The number of aromatic nitrogens is 3. The van der Waals surface area contributed by atoms with Crippen LogP contribution < -0.4 is 5.56 Å². The van der Waals surface area contributed by atoms with Crippen molar-refractivity contribution in [2.24, 2.45) is 11.8 Å². The molecule has 4 rings (SSSR count). The molecule has 0 saturated heterocycles. The number of carboxylic acids is 1. The van der Waals surface area contributed by atoms with Crippen molar-refractivity contribution in [3.8, 4) is 22.4 Å².